The number of ether oxygens (including phenoxy) is 1. The number of rotatable bonds is 2. The molecule has 0 N–H and O–H groups in total. The zero-order valence-electron chi connectivity index (χ0n) is 9.71. The minimum Gasteiger partial charge on any atom is -0.456 e. The van der Waals surface area contributed by atoms with Gasteiger partial charge in [-0.25, -0.2) is 4.79 Å². The number of halogens is 1. The highest BCUT2D eigenvalue weighted by atomic mass is 79.9. The summed E-state index contributed by atoms with van der Waals surface area (Å²) < 4.78 is 6.09. The quantitative estimate of drug-likeness (QED) is 0.609. The summed E-state index contributed by atoms with van der Waals surface area (Å²) in [5.41, 5.74) is 0.625. The number of carbonyl (C=O) groups is 1. The zero-order chi connectivity index (χ0) is 12.3. The van der Waals surface area contributed by atoms with Crippen molar-refractivity contribution in [2.45, 2.75) is 26.4 Å². The standard InChI is InChI=1S/C13H15BrO2/c1-9(12(15)16-13(2,3)4)10-7-5-6-8-11(10)14/h5-8H,1H2,2-4H3. The summed E-state index contributed by atoms with van der Waals surface area (Å²) in [6, 6.07) is 7.44. The van der Waals surface area contributed by atoms with E-state index in [-0.39, 0.29) is 5.97 Å². The lowest BCUT2D eigenvalue weighted by molar-refractivity contribution is -0.147. The Morgan fingerprint density at radius 2 is 1.88 bits per heavy atom. The maximum absolute atomic E-state index is 11.8. The van der Waals surface area contributed by atoms with Gasteiger partial charge in [-0.2, -0.15) is 0 Å². The molecule has 1 rings (SSSR count). The Hall–Kier alpha value is -1.09. The van der Waals surface area contributed by atoms with Crippen molar-refractivity contribution < 1.29 is 9.53 Å². The van der Waals surface area contributed by atoms with E-state index >= 15 is 0 Å². The van der Waals surface area contributed by atoms with Crippen molar-refractivity contribution in [3.05, 3.63) is 40.9 Å². The largest absolute Gasteiger partial charge is 0.456 e. The maximum atomic E-state index is 11.8. The highest BCUT2D eigenvalue weighted by Crippen LogP contribution is 2.25. The summed E-state index contributed by atoms with van der Waals surface area (Å²) in [6.07, 6.45) is 0. The molecule has 0 radical (unpaired) electrons. The molecular formula is C13H15BrO2. The monoisotopic (exact) mass is 282 g/mol. The first-order valence-electron chi connectivity index (χ1n) is 4.98. The van der Waals surface area contributed by atoms with Gasteiger partial charge in [0.15, 0.2) is 0 Å². The fraction of sp³-hybridized carbons (Fsp3) is 0.308. The Balaban J connectivity index is 2.88. The second-order valence-electron chi connectivity index (χ2n) is 4.46. The van der Waals surface area contributed by atoms with Crippen LogP contribution in [-0.4, -0.2) is 11.6 Å². The van der Waals surface area contributed by atoms with Gasteiger partial charge in [0.25, 0.3) is 0 Å². The molecular weight excluding hydrogens is 268 g/mol. The molecule has 0 aliphatic carbocycles. The van der Waals surface area contributed by atoms with Gasteiger partial charge in [-0.05, 0) is 26.8 Å². The van der Waals surface area contributed by atoms with E-state index in [1.807, 2.05) is 45.0 Å². The Labute approximate surface area is 104 Å². The Kier molecular flexibility index (Phi) is 3.92. The van der Waals surface area contributed by atoms with Gasteiger partial charge >= 0.3 is 5.97 Å². The third-order valence-corrected chi connectivity index (χ3v) is 2.54. The van der Waals surface area contributed by atoms with Gasteiger partial charge in [0.1, 0.15) is 5.60 Å². The molecule has 0 bridgehead atoms. The second kappa shape index (κ2) is 4.83. The fourth-order valence-corrected chi connectivity index (χ4v) is 1.68. The van der Waals surface area contributed by atoms with Gasteiger partial charge in [-0.3, -0.25) is 0 Å². The van der Waals surface area contributed by atoms with Crippen LogP contribution < -0.4 is 0 Å². The van der Waals surface area contributed by atoms with Crippen LogP contribution in [0.4, 0.5) is 0 Å². The Morgan fingerprint density at radius 1 is 1.31 bits per heavy atom. The average Bonchev–Trinajstić information content (AvgIpc) is 2.15. The van der Waals surface area contributed by atoms with Crippen molar-refractivity contribution in [2.75, 3.05) is 0 Å². The average molecular weight is 283 g/mol. The number of hydrogen-bond acceptors (Lipinski definition) is 2. The van der Waals surface area contributed by atoms with Crippen molar-refractivity contribution in [3.63, 3.8) is 0 Å². The summed E-state index contributed by atoms with van der Waals surface area (Å²) in [6.45, 7) is 9.26. The van der Waals surface area contributed by atoms with Crippen molar-refractivity contribution in [2.24, 2.45) is 0 Å². The Bertz CT molecular complexity index is 416. The number of esters is 1. The smallest absolute Gasteiger partial charge is 0.338 e. The van der Waals surface area contributed by atoms with E-state index in [0.29, 0.717) is 5.57 Å². The predicted octanol–water partition coefficient (Wildman–Crippen LogP) is 3.80. The fourth-order valence-electron chi connectivity index (χ4n) is 1.16. The molecule has 86 valence electrons. The van der Waals surface area contributed by atoms with Crippen LogP contribution in [0.25, 0.3) is 5.57 Å². The van der Waals surface area contributed by atoms with Crippen LogP contribution in [0.2, 0.25) is 0 Å². The lowest BCUT2D eigenvalue weighted by Crippen LogP contribution is -2.24. The molecule has 0 spiro atoms. The normalized spacial score (nSPS) is 11.0. The van der Waals surface area contributed by atoms with E-state index in [1.165, 1.54) is 0 Å². The van der Waals surface area contributed by atoms with E-state index in [1.54, 1.807) is 0 Å². The molecule has 3 heteroatoms. The van der Waals surface area contributed by atoms with Crippen molar-refractivity contribution in [1.82, 2.24) is 0 Å². The van der Waals surface area contributed by atoms with Crippen LogP contribution in [0.3, 0.4) is 0 Å². The van der Waals surface area contributed by atoms with E-state index in [4.69, 9.17) is 4.74 Å². The van der Waals surface area contributed by atoms with Crippen LogP contribution in [0.1, 0.15) is 26.3 Å². The minimum absolute atomic E-state index is 0.363. The molecule has 0 saturated carbocycles. The first-order chi connectivity index (χ1) is 7.31. The highest BCUT2D eigenvalue weighted by molar-refractivity contribution is 9.10. The molecule has 0 aromatic heterocycles. The highest BCUT2D eigenvalue weighted by Gasteiger charge is 2.20. The zero-order valence-corrected chi connectivity index (χ0v) is 11.3. The van der Waals surface area contributed by atoms with Gasteiger partial charge in [0.05, 0.1) is 5.57 Å². The lowest BCUT2D eigenvalue weighted by atomic mass is 10.1. The van der Waals surface area contributed by atoms with Gasteiger partial charge in [0, 0.05) is 10.0 Å². The van der Waals surface area contributed by atoms with Gasteiger partial charge in [0.2, 0.25) is 0 Å². The molecule has 0 amide bonds. The molecule has 0 aliphatic rings. The third kappa shape index (κ3) is 3.49. The van der Waals surface area contributed by atoms with Crippen LogP contribution in [-0.2, 0) is 9.53 Å². The summed E-state index contributed by atoms with van der Waals surface area (Å²) >= 11 is 3.38. The Morgan fingerprint density at radius 3 is 2.38 bits per heavy atom. The minimum atomic E-state index is -0.499. The van der Waals surface area contributed by atoms with E-state index < -0.39 is 5.60 Å². The van der Waals surface area contributed by atoms with E-state index in [2.05, 4.69) is 22.5 Å². The molecule has 0 unspecified atom stereocenters. The second-order valence-corrected chi connectivity index (χ2v) is 5.31. The van der Waals surface area contributed by atoms with Crippen LogP contribution in [0.15, 0.2) is 35.3 Å². The molecule has 1 aromatic rings. The lowest BCUT2D eigenvalue weighted by Gasteiger charge is -2.20. The number of hydrogen-bond donors (Lipinski definition) is 0. The maximum Gasteiger partial charge on any atom is 0.338 e. The molecule has 16 heavy (non-hydrogen) atoms. The molecule has 0 saturated heterocycles. The summed E-state index contributed by atoms with van der Waals surface area (Å²) in [5, 5.41) is 0. The van der Waals surface area contributed by atoms with Crippen LogP contribution in [0, 0.1) is 0 Å². The SMILES string of the molecule is C=C(C(=O)OC(C)(C)C)c1ccccc1Br. The van der Waals surface area contributed by atoms with Crippen molar-refractivity contribution >= 4 is 27.5 Å². The van der Waals surface area contributed by atoms with Crippen molar-refractivity contribution in [1.29, 1.82) is 0 Å². The molecule has 1 aromatic carbocycles. The predicted molar refractivity (Wildman–Crippen MR) is 69.0 cm³/mol. The molecule has 0 atom stereocenters. The first kappa shape index (κ1) is 13.0. The van der Waals surface area contributed by atoms with Crippen molar-refractivity contribution in [3.8, 4) is 0 Å². The number of carbonyl (C=O) groups excluding carboxylic acids is 1. The van der Waals surface area contributed by atoms with E-state index in [9.17, 15) is 4.79 Å². The van der Waals surface area contributed by atoms with Gasteiger partial charge in [-0.15, -0.1) is 0 Å². The third-order valence-electron chi connectivity index (χ3n) is 1.84. The van der Waals surface area contributed by atoms with Crippen LogP contribution in [0.5, 0.6) is 0 Å². The topological polar surface area (TPSA) is 26.3 Å². The summed E-state index contributed by atoms with van der Waals surface area (Å²) in [4.78, 5) is 11.8. The molecule has 0 fully saturated rings. The van der Waals surface area contributed by atoms with Crippen LogP contribution >= 0.6 is 15.9 Å². The molecule has 0 heterocycles. The molecule has 0 aliphatic heterocycles. The number of benzene rings is 1. The summed E-state index contributed by atoms with van der Waals surface area (Å²) in [7, 11) is 0. The van der Waals surface area contributed by atoms with E-state index in [0.717, 1.165) is 10.0 Å². The first-order valence-corrected chi connectivity index (χ1v) is 5.78. The molecule has 2 nitrogen and oxygen atoms in total. The van der Waals surface area contributed by atoms with Gasteiger partial charge < -0.3 is 4.74 Å². The summed E-state index contributed by atoms with van der Waals surface area (Å²) in [5.74, 6) is -0.389. The van der Waals surface area contributed by atoms with Gasteiger partial charge in [-0.1, -0.05) is 40.7 Å².